The van der Waals surface area contributed by atoms with E-state index >= 15 is 0 Å². The normalized spacial score (nSPS) is 18.0. The predicted octanol–water partition coefficient (Wildman–Crippen LogP) is 3.52. The first-order valence-corrected chi connectivity index (χ1v) is 8.91. The van der Waals surface area contributed by atoms with Gasteiger partial charge < -0.3 is 9.15 Å². The highest BCUT2D eigenvalue weighted by Gasteiger charge is 2.26. The van der Waals surface area contributed by atoms with Gasteiger partial charge in [-0.25, -0.2) is 0 Å². The minimum atomic E-state index is 0.275. The lowest BCUT2D eigenvalue weighted by atomic mass is 9.97. The number of piperidine rings is 1. The minimum Gasteiger partial charge on any atom is -0.497 e. The van der Waals surface area contributed by atoms with E-state index in [9.17, 15) is 0 Å². The molecule has 0 amide bonds. The molecule has 0 radical (unpaired) electrons. The van der Waals surface area contributed by atoms with Crippen molar-refractivity contribution in [1.82, 2.24) is 20.1 Å². The maximum absolute atomic E-state index is 5.95. The van der Waals surface area contributed by atoms with Gasteiger partial charge in [-0.2, -0.15) is 0 Å². The Kier molecular flexibility index (Phi) is 4.93. The molecule has 1 aliphatic rings. The van der Waals surface area contributed by atoms with E-state index in [1.165, 1.54) is 5.56 Å². The molecule has 1 aliphatic heterocycles. The van der Waals surface area contributed by atoms with Crippen molar-refractivity contribution in [3.63, 3.8) is 0 Å². The van der Waals surface area contributed by atoms with Crippen molar-refractivity contribution in [2.24, 2.45) is 0 Å². The van der Waals surface area contributed by atoms with Crippen LogP contribution in [0.15, 0.2) is 53.2 Å². The maximum atomic E-state index is 5.95. The molecule has 1 saturated heterocycles. The van der Waals surface area contributed by atoms with Gasteiger partial charge in [-0.05, 0) is 49.2 Å². The minimum absolute atomic E-state index is 0.275. The summed E-state index contributed by atoms with van der Waals surface area (Å²) in [6, 6.07) is 12.0. The number of nitrogens with zero attached hydrogens (tertiary/aromatic N) is 4. The first-order chi connectivity index (χ1) is 12.8. The summed E-state index contributed by atoms with van der Waals surface area (Å²) in [6.07, 6.45) is 5.67. The fourth-order valence-corrected chi connectivity index (χ4v) is 3.44. The van der Waals surface area contributed by atoms with Gasteiger partial charge in [0.05, 0.1) is 13.0 Å². The van der Waals surface area contributed by atoms with Gasteiger partial charge in [0.1, 0.15) is 5.75 Å². The second-order valence-electron chi connectivity index (χ2n) is 6.61. The van der Waals surface area contributed by atoms with Crippen LogP contribution in [0.4, 0.5) is 0 Å². The molecule has 134 valence electrons. The zero-order valence-electron chi connectivity index (χ0n) is 14.8. The van der Waals surface area contributed by atoms with Gasteiger partial charge in [-0.15, -0.1) is 10.2 Å². The molecule has 0 bridgehead atoms. The molecule has 4 rings (SSSR count). The summed E-state index contributed by atoms with van der Waals surface area (Å²) in [5.74, 6) is 2.46. The summed E-state index contributed by atoms with van der Waals surface area (Å²) in [7, 11) is 1.70. The van der Waals surface area contributed by atoms with Gasteiger partial charge >= 0.3 is 0 Å². The van der Waals surface area contributed by atoms with Crippen LogP contribution in [0.1, 0.15) is 30.2 Å². The summed E-state index contributed by atoms with van der Waals surface area (Å²) >= 11 is 0. The topological polar surface area (TPSA) is 64.3 Å². The molecular formula is C20H22N4O2. The predicted molar refractivity (Wildman–Crippen MR) is 97.8 cm³/mol. The van der Waals surface area contributed by atoms with E-state index in [2.05, 4.69) is 32.2 Å². The van der Waals surface area contributed by atoms with Crippen LogP contribution in [0.25, 0.3) is 11.5 Å². The van der Waals surface area contributed by atoms with E-state index in [-0.39, 0.29) is 5.92 Å². The van der Waals surface area contributed by atoms with Crippen molar-refractivity contribution < 1.29 is 9.15 Å². The number of aromatic nitrogens is 3. The Bertz CT molecular complexity index is 850. The summed E-state index contributed by atoms with van der Waals surface area (Å²) in [6.45, 7) is 2.91. The van der Waals surface area contributed by atoms with Gasteiger partial charge in [0.2, 0.25) is 11.8 Å². The highest BCUT2D eigenvalue weighted by molar-refractivity contribution is 5.50. The molecule has 0 spiro atoms. The van der Waals surface area contributed by atoms with Crippen LogP contribution >= 0.6 is 0 Å². The van der Waals surface area contributed by atoms with Crippen LogP contribution in [-0.2, 0) is 6.54 Å². The Hall–Kier alpha value is -2.73. The molecule has 1 aromatic carbocycles. The lowest BCUT2D eigenvalue weighted by molar-refractivity contribution is 0.186. The number of likely N-dealkylation sites (tertiary alicyclic amines) is 1. The van der Waals surface area contributed by atoms with Crippen molar-refractivity contribution in [1.29, 1.82) is 0 Å². The molecule has 3 heterocycles. The molecule has 1 atom stereocenters. The molecule has 3 aromatic rings. The quantitative estimate of drug-likeness (QED) is 0.701. The highest BCUT2D eigenvalue weighted by Crippen LogP contribution is 2.29. The number of hydrogen-bond donors (Lipinski definition) is 0. The lowest BCUT2D eigenvalue weighted by Crippen LogP contribution is -2.34. The molecule has 6 heteroatoms. The molecule has 6 nitrogen and oxygen atoms in total. The Morgan fingerprint density at radius 2 is 2.08 bits per heavy atom. The third-order valence-electron chi connectivity index (χ3n) is 4.76. The highest BCUT2D eigenvalue weighted by atomic mass is 16.5. The Morgan fingerprint density at radius 1 is 1.19 bits per heavy atom. The van der Waals surface area contributed by atoms with Crippen LogP contribution in [0, 0.1) is 0 Å². The molecule has 0 N–H and O–H groups in total. The monoisotopic (exact) mass is 350 g/mol. The SMILES string of the molecule is COc1cccc(CN2CCCC(c3nnc(-c4ccncc4)o3)C2)c1. The van der Waals surface area contributed by atoms with E-state index < -0.39 is 0 Å². The maximum Gasteiger partial charge on any atom is 0.247 e. The van der Waals surface area contributed by atoms with Gasteiger partial charge in [-0.3, -0.25) is 9.88 Å². The average Bonchev–Trinajstić information content (AvgIpc) is 3.19. The van der Waals surface area contributed by atoms with Crippen LogP contribution in [-0.4, -0.2) is 40.3 Å². The Balaban J connectivity index is 1.44. The van der Waals surface area contributed by atoms with E-state index in [0.717, 1.165) is 49.7 Å². The third-order valence-corrected chi connectivity index (χ3v) is 4.76. The first-order valence-electron chi connectivity index (χ1n) is 8.91. The van der Waals surface area contributed by atoms with Crippen molar-refractivity contribution in [3.05, 3.63) is 60.2 Å². The number of methoxy groups -OCH3 is 1. The molecule has 2 aromatic heterocycles. The molecular weight excluding hydrogens is 328 g/mol. The largest absolute Gasteiger partial charge is 0.497 e. The smallest absolute Gasteiger partial charge is 0.247 e. The zero-order valence-corrected chi connectivity index (χ0v) is 14.8. The van der Waals surface area contributed by atoms with E-state index in [1.807, 2.05) is 24.3 Å². The summed E-state index contributed by atoms with van der Waals surface area (Å²) in [4.78, 5) is 6.47. The van der Waals surface area contributed by atoms with Crippen LogP contribution in [0.3, 0.4) is 0 Å². The second kappa shape index (κ2) is 7.66. The average molecular weight is 350 g/mol. The van der Waals surface area contributed by atoms with Gasteiger partial charge in [-0.1, -0.05) is 12.1 Å². The van der Waals surface area contributed by atoms with Crippen molar-refractivity contribution in [3.8, 4) is 17.2 Å². The van der Waals surface area contributed by atoms with Crippen LogP contribution in [0.5, 0.6) is 5.75 Å². The van der Waals surface area contributed by atoms with Gasteiger partial charge in [0.15, 0.2) is 0 Å². The van der Waals surface area contributed by atoms with E-state index in [4.69, 9.17) is 9.15 Å². The second-order valence-corrected chi connectivity index (χ2v) is 6.61. The fourth-order valence-electron chi connectivity index (χ4n) is 3.44. The molecule has 0 aliphatic carbocycles. The third kappa shape index (κ3) is 3.75. The van der Waals surface area contributed by atoms with Crippen LogP contribution < -0.4 is 4.74 Å². The van der Waals surface area contributed by atoms with Gasteiger partial charge in [0.25, 0.3) is 0 Å². The van der Waals surface area contributed by atoms with Crippen molar-refractivity contribution >= 4 is 0 Å². The Labute approximate surface area is 152 Å². The zero-order chi connectivity index (χ0) is 17.8. The Morgan fingerprint density at radius 3 is 2.92 bits per heavy atom. The molecule has 1 fully saturated rings. The number of ether oxygens (including phenoxy) is 1. The standard InChI is InChI=1S/C20H22N4O2/c1-25-18-6-2-4-15(12-18)13-24-11-3-5-17(14-24)20-23-22-19(26-20)16-7-9-21-10-8-16/h2,4,6-10,12,17H,3,5,11,13-14H2,1H3. The molecule has 1 unspecified atom stereocenters. The van der Waals surface area contributed by atoms with E-state index in [0.29, 0.717) is 5.89 Å². The van der Waals surface area contributed by atoms with Crippen molar-refractivity contribution in [2.45, 2.75) is 25.3 Å². The van der Waals surface area contributed by atoms with Crippen LogP contribution in [0.2, 0.25) is 0 Å². The summed E-state index contributed by atoms with van der Waals surface area (Å²) in [5, 5.41) is 8.52. The summed E-state index contributed by atoms with van der Waals surface area (Å²) < 4.78 is 11.3. The molecule has 0 saturated carbocycles. The summed E-state index contributed by atoms with van der Waals surface area (Å²) in [5.41, 5.74) is 2.16. The number of hydrogen-bond acceptors (Lipinski definition) is 6. The first kappa shape index (κ1) is 16.7. The van der Waals surface area contributed by atoms with Gasteiger partial charge in [0, 0.05) is 31.0 Å². The number of rotatable bonds is 5. The lowest BCUT2D eigenvalue weighted by Gasteiger charge is -2.31. The van der Waals surface area contributed by atoms with E-state index in [1.54, 1.807) is 19.5 Å². The number of pyridine rings is 1. The van der Waals surface area contributed by atoms with Crippen molar-refractivity contribution in [2.75, 3.05) is 20.2 Å². The fraction of sp³-hybridized carbons (Fsp3) is 0.350. The number of benzene rings is 1. The molecule has 26 heavy (non-hydrogen) atoms.